The van der Waals surface area contributed by atoms with Crippen LogP contribution >= 0.6 is 0 Å². The summed E-state index contributed by atoms with van der Waals surface area (Å²) in [4.78, 5) is 78.2. The third-order valence-electron chi connectivity index (χ3n) is 7.55. The number of nitrogens with one attached hydrogen (secondary N) is 2. The first-order valence-corrected chi connectivity index (χ1v) is 14.5. The summed E-state index contributed by atoms with van der Waals surface area (Å²) in [5.41, 5.74) is 11.5. The summed E-state index contributed by atoms with van der Waals surface area (Å²) in [6.07, 6.45) is 3.14. The van der Waals surface area contributed by atoms with E-state index in [4.69, 9.17) is 16.6 Å². The summed E-state index contributed by atoms with van der Waals surface area (Å²) >= 11 is 0. The van der Waals surface area contributed by atoms with Crippen molar-refractivity contribution in [3.63, 3.8) is 0 Å². The fourth-order valence-corrected chi connectivity index (χ4v) is 5.40. The fraction of sp³-hybridized carbons (Fsp3) is 0.778. The Bertz CT molecular complexity index is 960. The lowest BCUT2D eigenvalue weighted by molar-refractivity contribution is -0.149. The molecule has 2 saturated heterocycles. The number of amides is 4. The van der Waals surface area contributed by atoms with Crippen LogP contribution in [0, 0.1) is 5.92 Å². The standard InChI is InChI=1S/C27H46N6O8/c1-16(2)15-19(26(39)33-14-6-9-21(33)27(40)41)31-23(36)18(7-3-4-12-28)30-24(37)20-8-5-13-32(20)25(38)17(29)10-11-22(34)35/h16-21H,3-15,28-29H2,1-2H3,(H,30,37)(H,31,36)(H,34,35)(H,40,41)/t17-,18-,19-,20-,21-/m0/s1. The molecule has 232 valence electrons. The summed E-state index contributed by atoms with van der Waals surface area (Å²) in [7, 11) is 0. The molecule has 2 aliphatic rings. The summed E-state index contributed by atoms with van der Waals surface area (Å²) < 4.78 is 0. The van der Waals surface area contributed by atoms with Gasteiger partial charge in [-0.25, -0.2) is 4.79 Å². The molecule has 0 aliphatic carbocycles. The first kappa shape index (κ1) is 33.9. The molecule has 8 N–H and O–H groups in total. The number of nitrogens with zero attached hydrogens (tertiary/aromatic N) is 2. The van der Waals surface area contributed by atoms with Crippen molar-refractivity contribution in [2.45, 2.75) is 108 Å². The Morgan fingerprint density at radius 3 is 2.02 bits per heavy atom. The van der Waals surface area contributed by atoms with E-state index in [9.17, 15) is 33.9 Å². The zero-order valence-corrected chi connectivity index (χ0v) is 24.0. The van der Waals surface area contributed by atoms with Crippen LogP contribution < -0.4 is 22.1 Å². The molecular formula is C27H46N6O8. The van der Waals surface area contributed by atoms with E-state index in [2.05, 4.69) is 10.6 Å². The minimum atomic E-state index is -1.09. The van der Waals surface area contributed by atoms with Gasteiger partial charge in [-0.3, -0.25) is 24.0 Å². The number of hydrogen-bond acceptors (Lipinski definition) is 8. The lowest BCUT2D eigenvalue weighted by Crippen LogP contribution is -2.58. The summed E-state index contributed by atoms with van der Waals surface area (Å²) in [5.74, 6) is -4.24. The van der Waals surface area contributed by atoms with Crippen molar-refractivity contribution in [2.75, 3.05) is 19.6 Å². The normalized spacial score (nSPS) is 20.9. The maximum atomic E-state index is 13.5. The first-order valence-electron chi connectivity index (χ1n) is 14.5. The van der Waals surface area contributed by atoms with Gasteiger partial charge in [0.2, 0.25) is 23.6 Å². The molecule has 0 aromatic heterocycles. The van der Waals surface area contributed by atoms with Gasteiger partial charge in [-0.15, -0.1) is 0 Å². The third kappa shape index (κ3) is 9.95. The molecule has 0 spiro atoms. The van der Waals surface area contributed by atoms with E-state index in [1.807, 2.05) is 13.8 Å². The van der Waals surface area contributed by atoms with Crippen LogP contribution in [-0.4, -0.2) is 105 Å². The van der Waals surface area contributed by atoms with Crippen molar-refractivity contribution in [2.24, 2.45) is 17.4 Å². The summed E-state index contributed by atoms with van der Waals surface area (Å²) in [6.45, 7) is 4.74. The predicted molar refractivity (Wildman–Crippen MR) is 148 cm³/mol. The second-order valence-corrected chi connectivity index (χ2v) is 11.3. The number of rotatable bonds is 16. The zero-order valence-electron chi connectivity index (χ0n) is 24.0. The van der Waals surface area contributed by atoms with E-state index < -0.39 is 65.8 Å². The van der Waals surface area contributed by atoms with Gasteiger partial charge >= 0.3 is 11.9 Å². The molecule has 0 unspecified atom stereocenters. The first-order chi connectivity index (χ1) is 19.4. The molecule has 0 saturated carbocycles. The van der Waals surface area contributed by atoms with Crippen LogP contribution in [0.3, 0.4) is 0 Å². The van der Waals surface area contributed by atoms with Crippen LogP contribution in [0.25, 0.3) is 0 Å². The van der Waals surface area contributed by atoms with Gasteiger partial charge in [0.05, 0.1) is 6.04 Å². The molecule has 5 atom stereocenters. The fourth-order valence-electron chi connectivity index (χ4n) is 5.40. The van der Waals surface area contributed by atoms with Gasteiger partial charge in [-0.2, -0.15) is 0 Å². The van der Waals surface area contributed by atoms with E-state index in [-0.39, 0.29) is 44.7 Å². The molecule has 14 nitrogen and oxygen atoms in total. The molecule has 2 rings (SSSR count). The van der Waals surface area contributed by atoms with E-state index in [1.54, 1.807) is 0 Å². The largest absolute Gasteiger partial charge is 0.481 e. The molecule has 0 aromatic carbocycles. The number of carbonyl (C=O) groups excluding carboxylic acids is 4. The molecule has 2 aliphatic heterocycles. The number of carbonyl (C=O) groups is 6. The van der Waals surface area contributed by atoms with Crippen LogP contribution in [0.2, 0.25) is 0 Å². The van der Waals surface area contributed by atoms with Gasteiger partial charge in [0, 0.05) is 19.5 Å². The highest BCUT2D eigenvalue weighted by Gasteiger charge is 2.40. The van der Waals surface area contributed by atoms with Crippen molar-refractivity contribution in [1.29, 1.82) is 0 Å². The predicted octanol–water partition coefficient (Wildman–Crippen LogP) is -0.610. The highest BCUT2D eigenvalue weighted by molar-refractivity contribution is 5.95. The van der Waals surface area contributed by atoms with Gasteiger partial charge in [0.1, 0.15) is 24.2 Å². The Labute approximate surface area is 240 Å². The van der Waals surface area contributed by atoms with E-state index in [0.717, 1.165) is 0 Å². The minimum absolute atomic E-state index is 0.0174. The second-order valence-electron chi connectivity index (χ2n) is 11.3. The molecular weight excluding hydrogens is 536 g/mol. The van der Waals surface area contributed by atoms with Crippen molar-refractivity contribution in [1.82, 2.24) is 20.4 Å². The maximum absolute atomic E-state index is 13.5. The Morgan fingerprint density at radius 2 is 1.46 bits per heavy atom. The summed E-state index contributed by atoms with van der Waals surface area (Å²) in [5, 5.41) is 23.9. The van der Waals surface area contributed by atoms with E-state index >= 15 is 0 Å². The average molecular weight is 583 g/mol. The van der Waals surface area contributed by atoms with Crippen molar-refractivity contribution >= 4 is 35.6 Å². The van der Waals surface area contributed by atoms with Crippen molar-refractivity contribution < 1.29 is 39.0 Å². The van der Waals surface area contributed by atoms with Crippen LogP contribution in [-0.2, 0) is 28.8 Å². The van der Waals surface area contributed by atoms with E-state index in [1.165, 1.54) is 9.80 Å². The number of hydrogen-bond donors (Lipinski definition) is 6. The molecule has 4 amide bonds. The average Bonchev–Trinajstić information content (AvgIpc) is 3.60. The van der Waals surface area contributed by atoms with E-state index in [0.29, 0.717) is 45.1 Å². The van der Waals surface area contributed by atoms with Gasteiger partial charge in [0.15, 0.2) is 0 Å². The van der Waals surface area contributed by atoms with Gasteiger partial charge in [-0.1, -0.05) is 13.8 Å². The molecule has 41 heavy (non-hydrogen) atoms. The summed E-state index contributed by atoms with van der Waals surface area (Å²) in [6, 6.07) is -4.85. The third-order valence-corrected chi connectivity index (χ3v) is 7.55. The quantitative estimate of drug-likeness (QED) is 0.127. The molecule has 0 aromatic rings. The Hall–Kier alpha value is -3.26. The Kier molecular flexibility index (Phi) is 13.5. The van der Waals surface area contributed by atoms with Gasteiger partial charge in [-0.05, 0) is 70.3 Å². The lowest BCUT2D eigenvalue weighted by Gasteiger charge is -2.31. The van der Waals surface area contributed by atoms with Gasteiger partial charge in [0.25, 0.3) is 0 Å². The molecule has 14 heteroatoms. The molecule has 0 radical (unpaired) electrons. The number of carboxylic acid groups (broad SMARTS) is 2. The van der Waals surface area contributed by atoms with Crippen LogP contribution in [0.1, 0.15) is 78.1 Å². The Morgan fingerprint density at radius 1 is 0.854 bits per heavy atom. The highest BCUT2D eigenvalue weighted by atomic mass is 16.4. The monoisotopic (exact) mass is 582 g/mol. The number of nitrogens with two attached hydrogens (primary N) is 2. The maximum Gasteiger partial charge on any atom is 0.326 e. The minimum Gasteiger partial charge on any atom is -0.481 e. The van der Waals surface area contributed by atoms with Crippen molar-refractivity contribution in [3.05, 3.63) is 0 Å². The zero-order chi connectivity index (χ0) is 30.7. The number of aliphatic carboxylic acids is 2. The number of likely N-dealkylation sites (tertiary alicyclic amines) is 2. The lowest BCUT2D eigenvalue weighted by atomic mass is 10.0. The highest BCUT2D eigenvalue weighted by Crippen LogP contribution is 2.22. The van der Waals surface area contributed by atoms with Crippen LogP contribution in [0.15, 0.2) is 0 Å². The molecule has 2 fully saturated rings. The number of unbranched alkanes of at least 4 members (excludes halogenated alkanes) is 1. The smallest absolute Gasteiger partial charge is 0.326 e. The molecule has 0 bridgehead atoms. The topological polar surface area (TPSA) is 225 Å². The van der Waals surface area contributed by atoms with Crippen LogP contribution in [0.4, 0.5) is 0 Å². The molecule has 2 heterocycles. The second kappa shape index (κ2) is 16.2. The SMILES string of the molecule is CC(C)C[C@H](NC(=O)[C@H](CCCCN)NC(=O)[C@@H]1CCCN1C(=O)[C@@H](N)CCC(=O)O)C(=O)N1CCC[C@H]1C(=O)O. The van der Waals surface area contributed by atoms with Gasteiger partial charge < -0.3 is 42.1 Å². The van der Waals surface area contributed by atoms with Crippen molar-refractivity contribution in [3.8, 4) is 0 Å². The Balaban J connectivity index is 2.16. The van der Waals surface area contributed by atoms with Crippen LogP contribution in [0.5, 0.6) is 0 Å². The number of carboxylic acids is 2.